The molecule has 1 spiro atoms. The van der Waals surface area contributed by atoms with Crippen molar-refractivity contribution in [2.24, 2.45) is 0 Å². The van der Waals surface area contributed by atoms with E-state index in [0.717, 1.165) is 44.6 Å². The maximum absolute atomic E-state index is 13.0. The molecular weight excluding hydrogens is 405 g/mol. The van der Waals surface area contributed by atoms with Gasteiger partial charge in [-0.1, -0.05) is 18.2 Å². The molecule has 4 rings (SSSR count). The van der Waals surface area contributed by atoms with Crippen LogP contribution in [0.2, 0.25) is 0 Å². The molecule has 0 aliphatic carbocycles. The number of amides is 1. The van der Waals surface area contributed by atoms with Gasteiger partial charge in [-0.25, -0.2) is 4.39 Å². The van der Waals surface area contributed by atoms with Crippen molar-refractivity contribution >= 4 is 29.8 Å². The summed E-state index contributed by atoms with van der Waals surface area (Å²) in [6.07, 6.45) is 2.76. The van der Waals surface area contributed by atoms with E-state index in [1.807, 2.05) is 18.2 Å². The van der Waals surface area contributed by atoms with Crippen LogP contribution in [0.25, 0.3) is 0 Å². The van der Waals surface area contributed by atoms with Crippen molar-refractivity contribution in [3.63, 3.8) is 0 Å². The number of halogens is 2. The molecule has 2 heterocycles. The van der Waals surface area contributed by atoms with E-state index in [2.05, 4.69) is 27.2 Å². The summed E-state index contributed by atoms with van der Waals surface area (Å²) in [6, 6.07) is 15.8. The molecule has 0 aromatic heterocycles. The fourth-order valence-electron chi connectivity index (χ4n) is 4.42. The van der Waals surface area contributed by atoms with E-state index in [1.165, 1.54) is 12.1 Å². The minimum absolute atomic E-state index is 0. The average molecular weight is 432 g/mol. The SMILES string of the molecule is Cl.O=C(CCCN1CCC2(CC1)C(=O)NCN2c1ccccc1)c1ccc(F)cc1. The molecule has 160 valence electrons. The summed E-state index contributed by atoms with van der Waals surface area (Å²) in [6.45, 7) is 3.05. The fraction of sp³-hybridized carbons (Fsp3) is 0.391. The highest BCUT2D eigenvalue weighted by molar-refractivity contribution is 5.96. The van der Waals surface area contributed by atoms with Crippen LogP contribution in [0.4, 0.5) is 10.1 Å². The number of nitrogens with zero attached hydrogens (tertiary/aromatic N) is 2. The molecular formula is C23H27ClFN3O2. The Kier molecular flexibility index (Phi) is 7.10. The van der Waals surface area contributed by atoms with E-state index in [-0.39, 0.29) is 29.9 Å². The third-order valence-electron chi connectivity index (χ3n) is 6.13. The number of piperidine rings is 1. The van der Waals surface area contributed by atoms with Crippen molar-refractivity contribution < 1.29 is 14.0 Å². The number of ketones is 1. The van der Waals surface area contributed by atoms with E-state index in [1.54, 1.807) is 12.1 Å². The number of nitrogens with one attached hydrogen (secondary N) is 1. The highest BCUT2D eigenvalue weighted by Crippen LogP contribution is 2.36. The summed E-state index contributed by atoms with van der Waals surface area (Å²) in [5.41, 5.74) is 1.16. The number of benzene rings is 2. The van der Waals surface area contributed by atoms with Crippen LogP contribution in [0, 0.1) is 5.82 Å². The first-order valence-electron chi connectivity index (χ1n) is 10.2. The Labute approximate surface area is 182 Å². The second kappa shape index (κ2) is 9.58. The average Bonchev–Trinajstić information content (AvgIpc) is 3.06. The Balaban J connectivity index is 0.00000256. The zero-order valence-corrected chi connectivity index (χ0v) is 17.7. The molecule has 2 aliphatic heterocycles. The van der Waals surface area contributed by atoms with Gasteiger partial charge in [0.05, 0.1) is 6.67 Å². The number of likely N-dealkylation sites (tertiary alicyclic amines) is 1. The van der Waals surface area contributed by atoms with Crippen molar-refractivity contribution in [3.8, 4) is 0 Å². The first-order valence-corrected chi connectivity index (χ1v) is 10.2. The Bertz CT molecular complexity index is 868. The Morgan fingerprint density at radius 3 is 2.37 bits per heavy atom. The van der Waals surface area contributed by atoms with Crippen molar-refractivity contribution in [2.75, 3.05) is 31.2 Å². The van der Waals surface area contributed by atoms with E-state index in [4.69, 9.17) is 0 Å². The van der Waals surface area contributed by atoms with Crippen LogP contribution in [-0.2, 0) is 4.79 Å². The molecule has 2 aromatic rings. The number of anilines is 1. The van der Waals surface area contributed by atoms with Crippen molar-refractivity contribution in [1.29, 1.82) is 0 Å². The molecule has 2 saturated heterocycles. The summed E-state index contributed by atoms with van der Waals surface area (Å²) >= 11 is 0. The van der Waals surface area contributed by atoms with Crippen molar-refractivity contribution in [3.05, 3.63) is 66.0 Å². The zero-order valence-electron chi connectivity index (χ0n) is 16.9. The first kappa shape index (κ1) is 22.2. The van der Waals surface area contributed by atoms with Gasteiger partial charge >= 0.3 is 0 Å². The topological polar surface area (TPSA) is 52.7 Å². The van der Waals surface area contributed by atoms with Crippen LogP contribution >= 0.6 is 12.4 Å². The maximum atomic E-state index is 13.0. The monoisotopic (exact) mass is 431 g/mol. The van der Waals surface area contributed by atoms with Gasteiger partial charge in [-0.15, -0.1) is 12.4 Å². The quantitative estimate of drug-likeness (QED) is 0.709. The van der Waals surface area contributed by atoms with Gasteiger partial charge in [-0.05, 0) is 62.2 Å². The van der Waals surface area contributed by atoms with Crippen LogP contribution in [0.15, 0.2) is 54.6 Å². The molecule has 2 fully saturated rings. The number of carbonyl (C=O) groups excluding carboxylic acids is 2. The molecule has 0 saturated carbocycles. The lowest BCUT2D eigenvalue weighted by Crippen LogP contribution is -2.56. The summed E-state index contributed by atoms with van der Waals surface area (Å²) in [5.74, 6) is -0.166. The van der Waals surface area contributed by atoms with Crippen molar-refractivity contribution in [2.45, 2.75) is 31.2 Å². The van der Waals surface area contributed by atoms with Gasteiger partial charge in [0.15, 0.2) is 5.78 Å². The van der Waals surface area contributed by atoms with Gasteiger partial charge in [0, 0.05) is 30.8 Å². The summed E-state index contributed by atoms with van der Waals surface area (Å²) in [7, 11) is 0. The van der Waals surface area contributed by atoms with Crippen LogP contribution in [0.1, 0.15) is 36.0 Å². The number of carbonyl (C=O) groups is 2. The molecule has 0 atom stereocenters. The smallest absolute Gasteiger partial charge is 0.247 e. The van der Waals surface area contributed by atoms with Crippen LogP contribution in [0.3, 0.4) is 0 Å². The van der Waals surface area contributed by atoms with Gasteiger partial charge in [-0.2, -0.15) is 0 Å². The fourth-order valence-corrected chi connectivity index (χ4v) is 4.42. The third-order valence-corrected chi connectivity index (χ3v) is 6.13. The summed E-state index contributed by atoms with van der Waals surface area (Å²) in [5, 5.41) is 3.02. The predicted molar refractivity (Wildman–Crippen MR) is 118 cm³/mol. The summed E-state index contributed by atoms with van der Waals surface area (Å²) < 4.78 is 13.0. The van der Waals surface area contributed by atoms with Gasteiger partial charge < -0.3 is 15.1 Å². The Morgan fingerprint density at radius 2 is 1.70 bits per heavy atom. The lowest BCUT2D eigenvalue weighted by Gasteiger charge is -2.43. The molecule has 0 radical (unpaired) electrons. The van der Waals surface area contributed by atoms with E-state index in [9.17, 15) is 14.0 Å². The molecule has 5 nitrogen and oxygen atoms in total. The first-order chi connectivity index (χ1) is 14.1. The maximum Gasteiger partial charge on any atom is 0.247 e. The minimum Gasteiger partial charge on any atom is -0.339 e. The molecule has 1 N–H and O–H groups in total. The van der Waals surface area contributed by atoms with E-state index >= 15 is 0 Å². The lowest BCUT2D eigenvalue weighted by atomic mass is 9.85. The van der Waals surface area contributed by atoms with Gasteiger partial charge in [0.2, 0.25) is 5.91 Å². The normalized spacial score (nSPS) is 18.2. The van der Waals surface area contributed by atoms with Crippen LogP contribution in [-0.4, -0.2) is 48.4 Å². The summed E-state index contributed by atoms with van der Waals surface area (Å²) in [4.78, 5) is 29.5. The molecule has 0 unspecified atom stereocenters. The lowest BCUT2D eigenvalue weighted by molar-refractivity contribution is -0.125. The highest BCUT2D eigenvalue weighted by Gasteiger charge is 2.50. The number of hydrogen-bond donors (Lipinski definition) is 1. The number of hydrogen-bond acceptors (Lipinski definition) is 4. The van der Waals surface area contributed by atoms with E-state index in [0.29, 0.717) is 18.7 Å². The Hall–Kier alpha value is -2.44. The predicted octanol–water partition coefficient (Wildman–Crippen LogP) is 3.64. The minimum atomic E-state index is -0.470. The molecule has 1 amide bonds. The Morgan fingerprint density at radius 1 is 1.03 bits per heavy atom. The van der Waals surface area contributed by atoms with E-state index < -0.39 is 5.54 Å². The zero-order chi connectivity index (χ0) is 20.3. The second-order valence-electron chi connectivity index (χ2n) is 7.83. The number of rotatable bonds is 6. The molecule has 2 aromatic carbocycles. The third kappa shape index (κ3) is 4.50. The van der Waals surface area contributed by atoms with Gasteiger partial charge in [0.1, 0.15) is 11.4 Å². The van der Waals surface area contributed by atoms with Crippen LogP contribution in [0.5, 0.6) is 0 Å². The standard InChI is InChI=1S/C23H26FN3O2.ClH/c24-19-10-8-18(9-11-19)21(28)7-4-14-26-15-12-23(13-16-26)22(29)25-17-27(23)20-5-2-1-3-6-20;/h1-3,5-6,8-11H,4,7,12-17H2,(H,25,29);1H. The van der Waals surface area contributed by atoms with Gasteiger partial charge in [-0.3, -0.25) is 9.59 Å². The van der Waals surface area contributed by atoms with Crippen molar-refractivity contribution in [1.82, 2.24) is 10.2 Å². The molecule has 2 aliphatic rings. The largest absolute Gasteiger partial charge is 0.339 e. The van der Waals surface area contributed by atoms with Gasteiger partial charge in [0.25, 0.3) is 0 Å². The van der Waals surface area contributed by atoms with Crippen LogP contribution < -0.4 is 10.2 Å². The number of Topliss-reactive ketones (excluding diaryl/α,β-unsaturated/α-hetero) is 1. The number of para-hydroxylation sites is 1. The molecule has 7 heteroatoms. The second-order valence-corrected chi connectivity index (χ2v) is 7.83. The highest BCUT2D eigenvalue weighted by atomic mass is 35.5. The molecule has 30 heavy (non-hydrogen) atoms. The molecule has 0 bridgehead atoms.